The topological polar surface area (TPSA) is 198 Å². The third-order valence-electron chi connectivity index (χ3n) is 6.58. The van der Waals surface area contributed by atoms with Crippen molar-refractivity contribution in [3.63, 3.8) is 0 Å². The fraction of sp³-hybridized carbons (Fsp3) is 0.600. The molecule has 8 atom stereocenters. The minimum atomic E-state index is -1.45. The Morgan fingerprint density at radius 3 is 1.76 bits per heavy atom. The van der Waals surface area contributed by atoms with Gasteiger partial charge in [0.25, 0.3) is 0 Å². The molecule has 1 aromatic carbocycles. The molecule has 2 heterocycles. The fourth-order valence-corrected chi connectivity index (χ4v) is 4.87. The zero-order chi connectivity index (χ0) is 34.0. The van der Waals surface area contributed by atoms with Gasteiger partial charge in [0, 0.05) is 53.7 Å². The van der Waals surface area contributed by atoms with Crippen molar-refractivity contribution < 1.29 is 71.4 Å². The van der Waals surface area contributed by atoms with E-state index >= 15 is 0 Å². The van der Waals surface area contributed by atoms with Crippen LogP contribution in [0.3, 0.4) is 0 Å². The number of carbonyl (C=O) groups excluding carboxylic acids is 6. The van der Waals surface area contributed by atoms with Crippen LogP contribution in [-0.2, 0) is 66.7 Å². The van der Waals surface area contributed by atoms with Gasteiger partial charge in [0.15, 0.2) is 30.9 Å². The highest BCUT2D eigenvalue weighted by atomic mass is 16.8. The van der Waals surface area contributed by atoms with Crippen LogP contribution >= 0.6 is 0 Å². The van der Waals surface area contributed by atoms with E-state index in [1.165, 1.54) is 13.8 Å². The van der Waals surface area contributed by atoms with Crippen LogP contribution in [0.2, 0.25) is 0 Å². The largest absolute Gasteiger partial charge is 0.465 e. The zero-order valence-electron chi connectivity index (χ0n) is 26.4. The van der Waals surface area contributed by atoms with Gasteiger partial charge in [0.2, 0.25) is 5.91 Å². The van der Waals surface area contributed by atoms with Gasteiger partial charge >= 0.3 is 29.8 Å². The molecule has 2 saturated heterocycles. The van der Waals surface area contributed by atoms with E-state index in [4.69, 9.17) is 42.6 Å². The number of carbonyl (C=O) groups is 6. The van der Waals surface area contributed by atoms with Gasteiger partial charge in [-0.15, -0.1) is 0 Å². The van der Waals surface area contributed by atoms with E-state index in [0.717, 1.165) is 27.7 Å². The summed E-state index contributed by atoms with van der Waals surface area (Å²) in [6.07, 6.45) is -8.85. The van der Waals surface area contributed by atoms with Crippen LogP contribution < -0.4 is 10.1 Å². The molecule has 2 aliphatic heterocycles. The van der Waals surface area contributed by atoms with Gasteiger partial charge in [-0.1, -0.05) is 0 Å². The van der Waals surface area contributed by atoms with Crippen molar-refractivity contribution in [1.29, 1.82) is 0 Å². The molecular weight excluding hydrogens is 614 g/mol. The van der Waals surface area contributed by atoms with Crippen molar-refractivity contribution >= 4 is 41.4 Å². The summed E-state index contributed by atoms with van der Waals surface area (Å²) in [6, 6.07) is 6.62. The van der Waals surface area contributed by atoms with Crippen molar-refractivity contribution in [2.75, 3.05) is 18.5 Å². The molecular formula is C30H39NO15. The Morgan fingerprint density at radius 2 is 1.22 bits per heavy atom. The van der Waals surface area contributed by atoms with Crippen molar-refractivity contribution in [2.45, 2.75) is 104 Å². The first-order chi connectivity index (χ1) is 21.7. The van der Waals surface area contributed by atoms with E-state index in [-0.39, 0.29) is 18.9 Å². The maximum Gasteiger partial charge on any atom is 0.303 e. The quantitative estimate of drug-likeness (QED) is 0.252. The molecule has 1 aromatic rings. The lowest BCUT2D eigenvalue weighted by atomic mass is 9.97. The van der Waals surface area contributed by atoms with E-state index < -0.39 is 85.7 Å². The molecule has 16 heteroatoms. The number of hydrogen-bond donors (Lipinski definition) is 1. The number of esters is 5. The van der Waals surface area contributed by atoms with Crippen LogP contribution in [-0.4, -0.2) is 98.2 Å². The molecule has 6 unspecified atom stereocenters. The summed E-state index contributed by atoms with van der Waals surface area (Å²) in [4.78, 5) is 70.9. The second kappa shape index (κ2) is 16.9. The first-order valence-corrected chi connectivity index (χ1v) is 14.5. The Morgan fingerprint density at radius 1 is 0.674 bits per heavy atom. The van der Waals surface area contributed by atoms with Crippen LogP contribution in [0, 0.1) is 0 Å². The smallest absolute Gasteiger partial charge is 0.303 e. The Bertz CT molecular complexity index is 1250. The predicted molar refractivity (Wildman–Crippen MR) is 153 cm³/mol. The molecule has 2 aliphatic rings. The van der Waals surface area contributed by atoms with E-state index in [1.807, 2.05) is 0 Å². The Kier molecular flexibility index (Phi) is 13.3. The molecule has 46 heavy (non-hydrogen) atoms. The number of anilines is 1. The Hall–Kier alpha value is -4.28. The van der Waals surface area contributed by atoms with Crippen molar-refractivity contribution in [2.24, 2.45) is 0 Å². The van der Waals surface area contributed by atoms with Crippen LogP contribution in [0.15, 0.2) is 24.3 Å². The average molecular weight is 654 g/mol. The first kappa shape index (κ1) is 36.2. The van der Waals surface area contributed by atoms with Gasteiger partial charge in [-0.05, 0) is 30.7 Å². The molecule has 0 spiro atoms. The van der Waals surface area contributed by atoms with Crippen LogP contribution in [0.4, 0.5) is 5.69 Å². The maximum atomic E-state index is 12.2. The number of nitrogens with one attached hydrogen (secondary N) is 1. The molecule has 0 saturated carbocycles. The highest BCUT2D eigenvalue weighted by Crippen LogP contribution is 2.33. The number of amides is 1. The summed E-state index contributed by atoms with van der Waals surface area (Å²) in [5, 5.41) is 2.66. The summed E-state index contributed by atoms with van der Waals surface area (Å²) < 4.78 is 51.0. The lowest BCUT2D eigenvalue weighted by Gasteiger charge is -2.46. The highest BCUT2D eigenvalue weighted by Gasteiger charge is 2.54. The molecule has 3 rings (SSSR count). The Labute approximate surface area is 265 Å². The lowest BCUT2D eigenvalue weighted by Crippen LogP contribution is -2.64. The second-order valence-corrected chi connectivity index (χ2v) is 10.5. The highest BCUT2D eigenvalue weighted by molar-refractivity contribution is 5.88. The number of hydrogen-bond acceptors (Lipinski definition) is 15. The lowest BCUT2D eigenvalue weighted by molar-refractivity contribution is -0.332. The SMILES string of the molecule is CC(=O)Nc1ccc(OC2CC[C@H](OC3OC(COC(C)=O)[C@H](OC(C)=O)C(OC(C)=O)C3OC(C)=O)C(COC(C)=O)O2)cc1. The third-order valence-corrected chi connectivity index (χ3v) is 6.58. The summed E-state index contributed by atoms with van der Waals surface area (Å²) >= 11 is 0. The van der Waals surface area contributed by atoms with Crippen molar-refractivity contribution in [3.05, 3.63) is 24.3 Å². The number of ether oxygens (including phenoxy) is 9. The fourth-order valence-electron chi connectivity index (χ4n) is 4.87. The van der Waals surface area contributed by atoms with Crippen molar-refractivity contribution in [3.8, 4) is 5.75 Å². The maximum absolute atomic E-state index is 12.2. The van der Waals surface area contributed by atoms with E-state index in [9.17, 15) is 28.8 Å². The number of benzene rings is 1. The molecule has 0 radical (unpaired) electrons. The molecule has 0 bridgehead atoms. The van der Waals surface area contributed by atoms with Gasteiger partial charge in [0.05, 0.1) is 6.10 Å². The molecule has 1 N–H and O–H groups in total. The summed E-state index contributed by atoms with van der Waals surface area (Å²) in [5.41, 5.74) is 0.579. The van der Waals surface area contributed by atoms with Gasteiger partial charge in [-0.2, -0.15) is 0 Å². The average Bonchev–Trinajstić information content (AvgIpc) is 2.95. The van der Waals surface area contributed by atoms with Crippen molar-refractivity contribution in [1.82, 2.24) is 0 Å². The third kappa shape index (κ3) is 11.3. The zero-order valence-corrected chi connectivity index (χ0v) is 26.4. The molecule has 0 aliphatic carbocycles. The van der Waals surface area contributed by atoms with Gasteiger partial charge in [-0.3, -0.25) is 28.8 Å². The van der Waals surface area contributed by atoms with E-state index in [1.54, 1.807) is 24.3 Å². The summed E-state index contributed by atoms with van der Waals surface area (Å²) in [6.45, 7) is 6.46. The van der Waals surface area contributed by atoms with Crippen LogP contribution in [0.25, 0.3) is 0 Å². The summed E-state index contributed by atoms with van der Waals surface area (Å²) in [7, 11) is 0. The minimum absolute atomic E-state index is 0.222. The Balaban J connectivity index is 1.86. The number of rotatable bonds is 12. The van der Waals surface area contributed by atoms with E-state index in [0.29, 0.717) is 17.9 Å². The second-order valence-electron chi connectivity index (χ2n) is 10.5. The predicted octanol–water partition coefficient (Wildman–Crippen LogP) is 1.56. The molecule has 1 amide bonds. The standard InChI is InChI=1S/C30H39NO15/c1-15(32)31-21-7-9-22(10-8-21)43-26-12-11-23(24(44-26)13-38-16(2)33)45-30-29(42-20(6)37)28(41-19(5)36)27(40-18(4)35)25(46-30)14-39-17(3)34/h7-10,23-30H,11-14H2,1-6H3,(H,31,32)/t23-,24?,25?,26?,27-,28?,29?,30?/m0/s1. The van der Waals surface area contributed by atoms with Crippen LogP contribution in [0.1, 0.15) is 54.4 Å². The van der Waals surface area contributed by atoms with Crippen LogP contribution in [0.5, 0.6) is 5.75 Å². The van der Waals surface area contributed by atoms with Gasteiger partial charge in [0.1, 0.15) is 31.2 Å². The van der Waals surface area contributed by atoms with E-state index in [2.05, 4.69) is 5.32 Å². The molecule has 254 valence electrons. The minimum Gasteiger partial charge on any atom is -0.465 e. The first-order valence-electron chi connectivity index (χ1n) is 14.5. The molecule has 2 fully saturated rings. The normalized spacial score (nSPS) is 27.3. The van der Waals surface area contributed by atoms with Gasteiger partial charge in [-0.25, -0.2) is 0 Å². The summed E-state index contributed by atoms with van der Waals surface area (Å²) in [5.74, 6) is -3.35. The molecule has 16 nitrogen and oxygen atoms in total. The van der Waals surface area contributed by atoms with Gasteiger partial charge < -0.3 is 47.9 Å². The molecule has 0 aromatic heterocycles. The monoisotopic (exact) mass is 653 g/mol.